The Balaban J connectivity index is 1.80. The summed E-state index contributed by atoms with van der Waals surface area (Å²) < 4.78 is 20.8. The van der Waals surface area contributed by atoms with Gasteiger partial charge in [-0.05, 0) is 41.8 Å². The van der Waals surface area contributed by atoms with E-state index in [1.165, 1.54) is 21.3 Å². The fourth-order valence-electron chi connectivity index (χ4n) is 2.65. The summed E-state index contributed by atoms with van der Waals surface area (Å²) in [5, 5.41) is 3.37. The lowest BCUT2D eigenvalue weighted by Gasteiger charge is -2.14. The van der Waals surface area contributed by atoms with Crippen LogP contribution in [0.2, 0.25) is 5.02 Å². The molecule has 0 fully saturated rings. The number of hydrogen-bond acceptors (Lipinski definition) is 6. The van der Waals surface area contributed by atoms with Crippen LogP contribution < -0.4 is 19.5 Å². The molecule has 8 heteroatoms. The summed E-state index contributed by atoms with van der Waals surface area (Å²) in [5.41, 5.74) is 1.67. The lowest BCUT2D eigenvalue weighted by molar-refractivity contribution is -0.147. The standard InChI is InChI=1S/C21H24ClNO6/c1-26-17-10-15(11-18(27-2)21(17)28-3)12-20(25)29-13-19(24)23-9-8-14-4-6-16(22)7-5-14/h4-7,10-11H,8-9,12-13H2,1-3H3,(H,23,24). The number of halogens is 1. The Morgan fingerprint density at radius 1 is 0.931 bits per heavy atom. The van der Waals surface area contributed by atoms with E-state index in [0.29, 0.717) is 40.8 Å². The molecule has 0 aliphatic carbocycles. The van der Waals surface area contributed by atoms with E-state index >= 15 is 0 Å². The normalized spacial score (nSPS) is 10.2. The molecule has 156 valence electrons. The van der Waals surface area contributed by atoms with Crippen molar-refractivity contribution >= 4 is 23.5 Å². The van der Waals surface area contributed by atoms with Crippen molar-refractivity contribution < 1.29 is 28.5 Å². The SMILES string of the molecule is COc1cc(CC(=O)OCC(=O)NCCc2ccc(Cl)cc2)cc(OC)c1OC. The lowest BCUT2D eigenvalue weighted by atomic mass is 10.1. The van der Waals surface area contributed by atoms with Gasteiger partial charge in [-0.15, -0.1) is 0 Å². The number of carbonyl (C=O) groups excluding carboxylic acids is 2. The van der Waals surface area contributed by atoms with E-state index in [1.54, 1.807) is 24.3 Å². The van der Waals surface area contributed by atoms with Crippen molar-refractivity contribution in [3.05, 3.63) is 52.5 Å². The number of ether oxygens (including phenoxy) is 4. The van der Waals surface area contributed by atoms with E-state index in [9.17, 15) is 9.59 Å². The van der Waals surface area contributed by atoms with Crippen molar-refractivity contribution in [1.29, 1.82) is 0 Å². The van der Waals surface area contributed by atoms with Gasteiger partial charge in [0, 0.05) is 11.6 Å². The first-order chi connectivity index (χ1) is 14.0. The monoisotopic (exact) mass is 421 g/mol. The maximum Gasteiger partial charge on any atom is 0.310 e. The van der Waals surface area contributed by atoms with Crippen LogP contribution in [0.1, 0.15) is 11.1 Å². The molecule has 0 saturated carbocycles. The number of benzene rings is 2. The summed E-state index contributed by atoms with van der Waals surface area (Å²) in [6.45, 7) is 0.0920. The fraction of sp³-hybridized carbons (Fsp3) is 0.333. The highest BCUT2D eigenvalue weighted by Crippen LogP contribution is 2.38. The largest absolute Gasteiger partial charge is 0.493 e. The predicted molar refractivity (Wildman–Crippen MR) is 109 cm³/mol. The zero-order valence-electron chi connectivity index (χ0n) is 16.6. The number of carbonyl (C=O) groups is 2. The van der Waals surface area contributed by atoms with Crippen molar-refractivity contribution in [2.45, 2.75) is 12.8 Å². The average Bonchev–Trinajstić information content (AvgIpc) is 2.72. The summed E-state index contributed by atoms with van der Waals surface area (Å²) in [6, 6.07) is 10.7. The molecular formula is C21H24ClNO6. The van der Waals surface area contributed by atoms with Gasteiger partial charge >= 0.3 is 5.97 Å². The first kappa shape index (κ1) is 22.4. The Hall–Kier alpha value is -2.93. The third-order valence-electron chi connectivity index (χ3n) is 4.09. The molecule has 0 radical (unpaired) electrons. The predicted octanol–water partition coefficient (Wildman–Crippen LogP) is 2.81. The van der Waals surface area contributed by atoms with E-state index in [1.807, 2.05) is 12.1 Å². The minimum absolute atomic E-state index is 0.0330. The zero-order chi connectivity index (χ0) is 21.2. The molecule has 0 saturated heterocycles. The van der Waals surface area contributed by atoms with Gasteiger partial charge in [0.25, 0.3) is 5.91 Å². The smallest absolute Gasteiger partial charge is 0.310 e. The number of esters is 1. The van der Waals surface area contributed by atoms with E-state index in [-0.39, 0.29) is 18.9 Å². The van der Waals surface area contributed by atoms with Crippen molar-refractivity contribution in [1.82, 2.24) is 5.32 Å². The highest BCUT2D eigenvalue weighted by molar-refractivity contribution is 6.30. The van der Waals surface area contributed by atoms with E-state index in [2.05, 4.69) is 5.32 Å². The molecule has 0 spiro atoms. The van der Waals surface area contributed by atoms with Crippen LogP contribution in [0.3, 0.4) is 0 Å². The molecule has 7 nitrogen and oxygen atoms in total. The van der Waals surface area contributed by atoms with E-state index in [0.717, 1.165) is 5.56 Å². The average molecular weight is 422 g/mol. The molecule has 1 N–H and O–H groups in total. The summed E-state index contributed by atoms with van der Waals surface area (Å²) in [4.78, 5) is 23.9. The molecular weight excluding hydrogens is 398 g/mol. The highest BCUT2D eigenvalue weighted by Gasteiger charge is 2.16. The van der Waals surface area contributed by atoms with Gasteiger partial charge in [-0.3, -0.25) is 9.59 Å². The molecule has 2 rings (SSSR count). The maximum absolute atomic E-state index is 12.1. The van der Waals surface area contributed by atoms with E-state index < -0.39 is 5.97 Å². The van der Waals surface area contributed by atoms with Crippen LogP contribution in [-0.2, 0) is 27.2 Å². The molecule has 0 atom stereocenters. The quantitative estimate of drug-likeness (QED) is 0.594. The van der Waals surface area contributed by atoms with Crippen LogP contribution in [0.4, 0.5) is 0 Å². The number of methoxy groups -OCH3 is 3. The Morgan fingerprint density at radius 2 is 1.55 bits per heavy atom. The second kappa shape index (κ2) is 11.2. The van der Waals surface area contributed by atoms with Gasteiger partial charge in [0.15, 0.2) is 18.1 Å². The number of hydrogen-bond donors (Lipinski definition) is 1. The van der Waals surface area contributed by atoms with E-state index in [4.69, 9.17) is 30.5 Å². The molecule has 0 heterocycles. The Morgan fingerprint density at radius 3 is 2.10 bits per heavy atom. The Labute approximate surface area is 174 Å². The summed E-state index contributed by atoms with van der Waals surface area (Å²) in [7, 11) is 4.49. The molecule has 0 bridgehead atoms. The first-order valence-electron chi connectivity index (χ1n) is 8.92. The molecule has 2 aromatic rings. The molecule has 0 aromatic heterocycles. The van der Waals surface area contributed by atoms with Crippen LogP contribution in [0, 0.1) is 0 Å². The third-order valence-corrected chi connectivity index (χ3v) is 4.34. The van der Waals surface area contributed by atoms with Crippen molar-refractivity contribution in [2.24, 2.45) is 0 Å². The summed E-state index contributed by atoms with van der Waals surface area (Å²) in [5.74, 6) is 0.417. The van der Waals surface area contributed by atoms with Crippen LogP contribution in [-0.4, -0.2) is 46.4 Å². The van der Waals surface area contributed by atoms with Crippen molar-refractivity contribution in [3.63, 3.8) is 0 Å². The summed E-state index contributed by atoms with van der Waals surface area (Å²) in [6.07, 6.45) is 0.622. The van der Waals surface area contributed by atoms with Gasteiger partial charge in [0.05, 0.1) is 27.8 Å². The Bertz CT molecular complexity index is 813. The molecule has 0 unspecified atom stereocenters. The lowest BCUT2D eigenvalue weighted by Crippen LogP contribution is -2.30. The number of amides is 1. The zero-order valence-corrected chi connectivity index (χ0v) is 17.4. The van der Waals surface area contributed by atoms with Crippen LogP contribution in [0.15, 0.2) is 36.4 Å². The molecule has 0 aliphatic rings. The van der Waals surface area contributed by atoms with Gasteiger partial charge in [-0.25, -0.2) is 0 Å². The highest BCUT2D eigenvalue weighted by atomic mass is 35.5. The second-order valence-corrected chi connectivity index (χ2v) is 6.53. The molecule has 1 amide bonds. The second-order valence-electron chi connectivity index (χ2n) is 6.10. The number of rotatable bonds is 10. The molecule has 2 aromatic carbocycles. The van der Waals surface area contributed by atoms with Crippen LogP contribution >= 0.6 is 11.6 Å². The first-order valence-corrected chi connectivity index (χ1v) is 9.30. The fourth-order valence-corrected chi connectivity index (χ4v) is 2.78. The van der Waals surface area contributed by atoms with Gasteiger partial charge < -0.3 is 24.3 Å². The maximum atomic E-state index is 12.1. The Kier molecular flexibility index (Phi) is 8.61. The topological polar surface area (TPSA) is 83.1 Å². The third kappa shape index (κ3) is 6.87. The van der Waals surface area contributed by atoms with Gasteiger partial charge in [0.1, 0.15) is 0 Å². The molecule has 29 heavy (non-hydrogen) atoms. The van der Waals surface area contributed by atoms with Crippen molar-refractivity contribution in [2.75, 3.05) is 34.5 Å². The number of nitrogens with one attached hydrogen (secondary N) is 1. The molecule has 0 aliphatic heterocycles. The minimum atomic E-state index is -0.535. The summed E-state index contributed by atoms with van der Waals surface area (Å²) >= 11 is 5.84. The van der Waals surface area contributed by atoms with Crippen LogP contribution in [0.5, 0.6) is 17.2 Å². The van der Waals surface area contributed by atoms with Gasteiger partial charge in [-0.2, -0.15) is 0 Å². The minimum Gasteiger partial charge on any atom is -0.493 e. The van der Waals surface area contributed by atoms with Gasteiger partial charge in [-0.1, -0.05) is 23.7 Å². The van der Waals surface area contributed by atoms with Gasteiger partial charge in [0.2, 0.25) is 5.75 Å². The van der Waals surface area contributed by atoms with Crippen molar-refractivity contribution in [3.8, 4) is 17.2 Å². The van der Waals surface area contributed by atoms with Crippen LogP contribution in [0.25, 0.3) is 0 Å².